The maximum Gasteiger partial charge on any atom is 0.250 e. The number of hydrogen-bond acceptors (Lipinski definition) is 6. The molecule has 2 unspecified atom stereocenters. The highest BCUT2D eigenvalue weighted by atomic mass is 16.3. The monoisotopic (exact) mass is 372 g/mol. The number of carbonyl (C=O) groups excluding carboxylic acids is 2. The minimum Gasteiger partial charge on any atom is -0.382 e. The maximum absolute atomic E-state index is 11.3. The summed E-state index contributed by atoms with van der Waals surface area (Å²) in [6.45, 7) is 3.96. The number of carbonyl (C=O) groups is 2. The second-order valence-corrected chi connectivity index (χ2v) is 7.36. The highest BCUT2D eigenvalue weighted by molar-refractivity contribution is 5.82. The quantitative estimate of drug-likeness (QED) is 0.304. The van der Waals surface area contributed by atoms with Crippen molar-refractivity contribution in [2.75, 3.05) is 0 Å². The third-order valence-corrected chi connectivity index (χ3v) is 4.44. The fourth-order valence-corrected chi connectivity index (χ4v) is 2.40. The lowest BCUT2D eigenvalue weighted by atomic mass is 10.1. The van der Waals surface area contributed by atoms with Crippen molar-refractivity contribution >= 4 is 11.8 Å². The van der Waals surface area contributed by atoms with Gasteiger partial charge >= 0.3 is 0 Å². The Morgan fingerprint density at radius 3 is 1.38 bits per heavy atom. The zero-order valence-electron chi connectivity index (χ0n) is 16.0. The van der Waals surface area contributed by atoms with Crippen LogP contribution in [0.4, 0.5) is 0 Å². The van der Waals surface area contributed by atoms with Gasteiger partial charge in [0.1, 0.15) is 12.2 Å². The van der Waals surface area contributed by atoms with Gasteiger partial charge in [0.15, 0.2) is 0 Å². The van der Waals surface area contributed by atoms with Crippen molar-refractivity contribution in [3.05, 3.63) is 0 Å². The van der Waals surface area contributed by atoms with Crippen molar-refractivity contribution in [3.8, 4) is 0 Å². The van der Waals surface area contributed by atoms with Crippen molar-refractivity contribution in [1.82, 2.24) is 10.6 Å². The van der Waals surface area contributed by atoms with Crippen LogP contribution in [0.25, 0.3) is 0 Å². The van der Waals surface area contributed by atoms with Crippen molar-refractivity contribution in [2.24, 2.45) is 11.5 Å². The highest BCUT2D eigenvalue weighted by Gasteiger charge is 2.29. The summed E-state index contributed by atoms with van der Waals surface area (Å²) < 4.78 is 0. The molecule has 0 aromatic heterocycles. The predicted octanol–water partition coefficient (Wildman–Crippen LogP) is -0.493. The summed E-state index contributed by atoms with van der Waals surface area (Å²) in [5.41, 5.74) is 11.2. The van der Waals surface area contributed by atoms with E-state index in [1.165, 1.54) is 0 Å². The molecular weight excluding hydrogens is 336 g/mol. The zero-order valence-corrected chi connectivity index (χ0v) is 16.0. The molecule has 0 aromatic carbocycles. The molecule has 8 heteroatoms. The number of rotatable bonds is 10. The Hall–Kier alpha value is -1.22. The van der Waals surface area contributed by atoms with Crippen LogP contribution in [0.1, 0.15) is 65.2 Å². The van der Waals surface area contributed by atoms with Crippen LogP contribution in [-0.2, 0) is 9.59 Å². The van der Waals surface area contributed by atoms with E-state index in [1.807, 2.05) is 13.8 Å². The van der Waals surface area contributed by atoms with E-state index in [0.29, 0.717) is 12.8 Å². The van der Waals surface area contributed by atoms with Crippen molar-refractivity contribution in [2.45, 2.75) is 102 Å². The molecule has 0 aliphatic heterocycles. The molecule has 0 bridgehead atoms. The molecule has 26 heavy (non-hydrogen) atoms. The molecule has 8 nitrogen and oxygen atoms in total. The predicted molar refractivity (Wildman–Crippen MR) is 100 cm³/mol. The van der Waals surface area contributed by atoms with E-state index in [0.717, 1.165) is 38.5 Å². The first-order chi connectivity index (χ1) is 12.3. The Labute approximate surface area is 156 Å². The Bertz CT molecular complexity index is 401. The lowest BCUT2D eigenvalue weighted by Gasteiger charge is -2.17. The van der Waals surface area contributed by atoms with Gasteiger partial charge in [-0.2, -0.15) is 0 Å². The average molecular weight is 373 g/mol. The molecule has 2 saturated carbocycles. The van der Waals surface area contributed by atoms with Gasteiger partial charge in [0.25, 0.3) is 11.8 Å². The number of nitrogens with one attached hydrogen (secondary N) is 2. The molecule has 0 radical (unpaired) electrons. The van der Waals surface area contributed by atoms with E-state index in [1.54, 1.807) is 0 Å². The van der Waals surface area contributed by atoms with Gasteiger partial charge in [-0.1, -0.05) is 26.7 Å². The van der Waals surface area contributed by atoms with Gasteiger partial charge in [-0.3, -0.25) is 9.59 Å². The van der Waals surface area contributed by atoms with Gasteiger partial charge in [0, 0.05) is 24.2 Å². The van der Waals surface area contributed by atoms with Gasteiger partial charge in [0.2, 0.25) is 0 Å². The summed E-state index contributed by atoms with van der Waals surface area (Å²) in [5.74, 6) is -0.632. The molecule has 4 atom stereocenters. The second-order valence-electron chi connectivity index (χ2n) is 7.36. The third kappa shape index (κ3) is 8.93. The minimum atomic E-state index is -1.04. The minimum absolute atomic E-state index is 0.288. The average Bonchev–Trinajstić information content (AvgIpc) is 3.51. The molecule has 0 spiro atoms. The Balaban J connectivity index is 0.000000260. The molecule has 0 heterocycles. The summed E-state index contributed by atoms with van der Waals surface area (Å²) in [7, 11) is 0. The van der Waals surface area contributed by atoms with Crippen LogP contribution in [0.3, 0.4) is 0 Å². The van der Waals surface area contributed by atoms with Crippen LogP contribution in [0, 0.1) is 0 Å². The van der Waals surface area contributed by atoms with Crippen molar-refractivity contribution < 1.29 is 19.8 Å². The van der Waals surface area contributed by atoms with Crippen LogP contribution < -0.4 is 22.1 Å². The van der Waals surface area contributed by atoms with Gasteiger partial charge in [-0.25, -0.2) is 0 Å². The standard InChI is InChI=1S/2C9H18N2O2/c2*1-2-3-7(10)8(12)9(13)11-6-4-5-6/h2*6-8,12H,2-5,10H2,1H3,(H,11,13)/t7-,8-;/m0./s1. The number of amides is 2. The molecule has 2 aliphatic rings. The van der Waals surface area contributed by atoms with E-state index < -0.39 is 24.3 Å². The van der Waals surface area contributed by atoms with E-state index in [9.17, 15) is 19.8 Å². The van der Waals surface area contributed by atoms with E-state index >= 15 is 0 Å². The number of hydrogen-bond donors (Lipinski definition) is 6. The fourth-order valence-electron chi connectivity index (χ4n) is 2.40. The summed E-state index contributed by atoms with van der Waals surface area (Å²) in [6.07, 6.45) is 5.16. The molecule has 8 N–H and O–H groups in total. The number of aliphatic hydroxyl groups excluding tert-OH is 2. The highest BCUT2D eigenvalue weighted by Crippen LogP contribution is 2.19. The molecule has 152 valence electrons. The largest absolute Gasteiger partial charge is 0.382 e. The summed E-state index contributed by atoms with van der Waals surface area (Å²) in [5, 5.41) is 24.4. The fraction of sp³-hybridized carbons (Fsp3) is 0.889. The summed E-state index contributed by atoms with van der Waals surface area (Å²) in [4.78, 5) is 22.5. The van der Waals surface area contributed by atoms with Crippen LogP contribution in [0.5, 0.6) is 0 Å². The van der Waals surface area contributed by atoms with Gasteiger partial charge in [0.05, 0.1) is 0 Å². The van der Waals surface area contributed by atoms with Crippen LogP contribution in [0.15, 0.2) is 0 Å². The molecule has 2 rings (SSSR count). The smallest absolute Gasteiger partial charge is 0.250 e. The SMILES string of the molecule is CCCC(N)C(O)C(=O)NC1CC1.CCC[C@H](N)[C@H](O)C(=O)NC1CC1. The van der Waals surface area contributed by atoms with Crippen molar-refractivity contribution in [3.63, 3.8) is 0 Å². The molecule has 0 saturated heterocycles. The first-order valence-electron chi connectivity index (χ1n) is 9.78. The molecule has 0 aromatic rings. The van der Waals surface area contributed by atoms with Crippen LogP contribution in [-0.4, -0.2) is 58.4 Å². The van der Waals surface area contributed by atoms with Crippen LogP contribution >= 0.6 is 0 Å². The lowest BCUT2D eigenvalue weighted by molar-refractivity contribution is -0.131. The van der Waals surface area contributed by atoms with Gasteiger partial charge in [-0.05, 0) is 38.5 Å². The Kier molecular flexibility index (Phi) is 10.1. The second kappa shape index (κ2) is 11.5. The van der Waals surface area contributed by atoms with E-state index in [4.69, 9.17) is 11.5 Å². The Morgan fingerprint density at radius 1 is 0.846 bits per heavy atom. The molecule has 2 aliphatic carbocycles. The number of aliphatic hydroxyl groups is 2. The zero-order chi connectivity index (χ0) is 19.7. The third-order valence-electron chi connectivity index (χ3n) is 4.44. The molecular formula is C18H36N4O4. The first-order valence-corrected chi connectivity index (χ1v) is 9.78. The van der Waals surface area contributed by atoms with E-state index in [2.05, 4.69) is 10.6 Å². The van der Waals surface area contributed by atoms with E-state index in [-0.39, 0.29) is 23.9 Å². The summed E-state index contributed by atoms with van der Waals surface area (Å²) in [6, 6.07) is -0.278. The van der Waals surface area contributed by atoms with Gasteiger partial charge < -0.3 is 32.3 Å². The van der Waals surface area contributed by atoms with Crippen LogP contribution in [0.2, 0.25) is 0 Å². The molecule has 2 amide bonds. The molecule has 2 fully saturated rings. The first kappa shape index (κ1) is 22.8. The number of nitrogens with two attached hydrogens (primary N) is 2. The van der Waals surface area contributed by atoms with Gasteiger partial charge in [-0.15, -0.1) is 0 Å². The lowest BCUT2D eigenvalue weighted by Crippen LogP contribution is -2.46. The summed E-state index contributed by atoms with van der Waals surface area (Å²) >= 11 is 0. The normalized spacial score (nSPS) is 20.8. The topological polar surface area (TPSA) is 151 Å². The Morgan fingerprint density at radius 2 is 1.15 bits per heavy atom. The van der Waals surface area contributed by atoms with Crippen molar-refractivity contribution in [1.29, 1.82) is 0 Å². The maximum atomic E-state index is 11.3.